The Morgan fingerprint density at radius 3 is 1.29 bits per heavy atom. The third-order valence-electron chi connectivity index (χ3n) is 7.57. The number of hydrogen-bond acceptors (Lipinski definition) is 0. The summed E-state index contributed by atoms with van der Waals surface area (Å²) in [5.74, 6) is 0. The van der Waals surface area contributed by atoms with Crippen molar-refractivity contribution < 1.29 is 4.57 Å². The molecule has 0 aliphatic rings. The summed E-state index contributed by atoms with van der Waals surface area (Å²) in [5, 5.41) is 0. The molecule has 0 radical (unpaired) electrons. The molecule has 198 valence electrons. The van der Waals surface area contributed by atoms with Gasteiger partial charge in [0, 0.05) is 18.1 Å². The highest BCUT2D eigenvalue weighted by atomic mass is 14.9. The maximum atomic E-state index is 2.52. The van der Waals surface area contributed by atoms with Crippen molar-refractivity contribution in [3.8, 4) is 0 Å². The van der Waals surface area contributed by atoms with E-state index >= 15 is 0 Å². The fraction of sp³-hybridized carbons (Fsp3) is 0.848. The highest BCUT2D eigenvalue weighted by Crippen LogP contribution is 2.17. The minimum absolute atomic E-state index is 1.20. The van der Waals surface area contributed by atoms with Crippen LogP contribution in [0.3, 0.4) is 0 Å². The maximum Gasteiger partial charge on any atom is 0.172 e. The van der Waals surface area contributed by atoms with E-state index in [9.17, 15) is 0 Å². The van der Waals surface area contributed by atoms with Crippen molar-refractivity contribution in [1.82, 2.24) is 0 Å². The summed E-state index contributed by atoms with van der Waals surface area (Å²) in [6.07, 6.45) is 38.4. The molecule has 1 nitrogen and oxygen atoms in total. The molecule has 0 atom stereocenters. The largest absolute Gasteiger partial charge is 0.205 e. The van der Waals surface area contributed by atoms with Gasteiger partial charge in [-0.25, -0.2) is 4.57 Å². The second kappa shape index (κ2) is 23.9. The SMILES string of the molecule is CCCCCCCCCCc1cc[n+](CCCCCCCC)cc1CCCCCCCCCC. The zero-order valence-electron chi connectivity index (χ0n) is 23.9. The number of hydrogen-bond donors (Lipinski definition) is 0. The van der Waals surface area contributed by atoms with Gasteiger partial charge in [-0.05, 0) is 37.7 Å². The van der Waals surface area contributed by atoms with E-state index in [0.717, 1.165) is 0 Å². The molecule has 0 aliphatic heterocycles. The van der Waals surface area contributed by atoms with Gasteiger partial charge in [-0.2, -0.15) is 0 Å². The van der Waals surface area contributed by atoms with Crippen LogP contribution in [-0.4, -0.2) is 0 Å². The fourth-order valence-corrected chi connectivity index (χ4v) is 5.20. The Morgan fingerprint density at radius 2 is 0.824 bits per heavy atom. The van der Waals surface area contributed by atoms with Gasteiger partial charge in [-0.15, -0.1) is 0 Å². The molecule has 0 saturated carbocycles. The molecule has 0 aromatic carbocycles. The molecule has 1 aromatic rings. The van der Waals surface area contributed by atoms with E-state index in [2.05, 4.69) is 43.8 Å². The summed E-state index contributed by atoms with van der Waals surface area (Å²) in [4.78, 5) is 0. The number of aromatic nitrogens is 1. The van der Waals surface area contributed by atoms with Crippen LogP contribution in [0.5, 0.6) is 0 Å². The first kappa shape index (κ1) is 31.2. The maximum absolute atomic E-state index is 2.52. The molecule has 0 spiro atoms. The van der Waals surface area contributed by atoms with Crippen LogP contribution in [-0.2, 0) is 19.4 Å². The molecule has 34 heavy (non-hydrogen) atoms. The van der Waals surface area contributed by atoms with E-state index in [1.165, 1.54) is 161 Å². The van der Waals surface area contributed by atoms with Crippen LogP contribution in [0.15, 0.2) is 18.5 Å². The van der Waals surface area contributed by atoms with Crippen LogP contribution in [0.4, 0.5) is 0 Å². The predicted molar refractivity (Wildman–Crippen MR) is 153 cm³/mol. The third kappa shape index (κ3) is 17.6. The minimum Gasteiger partial charge on any atom is -0.205 e. The minimum atomic E-state index is 1.20. The van der Waals surface area contributed by atoms with E-state index in [1.54, 1.807) is 11.1 Å². The molecule has 0 amide bonds. The molecule has 0 bridgehead atoms. The van der Waals surface area contributed by atoms with Crippen LogP contribution in [0, 0.1) is 0 Å². The summed E-state index contributed by atoms with van der Waals surface area (Å²) >= 11 is 0. The van der Waals surface area contributed by atoms with Crippen molar-refractivity contribution in [2.45, 2.75) is 181 Å². The lowest BCUT2D eigenvalue weighted by atomic mass is 9.97. The normalized spacial score (nSPS) is 11.4. The van der Waals surface area contributed by atoms with Gasteiger partial charge in [0.2, 0.25) is 0 Å². The van der Waals surface area contributed by atoms with E-state index in [-0.39, 0.29) is 0 Å². The predicted octanol–water partition coefficient (Wildman–Crippen LogP) is 10.7. The molecule has 1 heteroatoms. The van der Waals surface area contributed by atoms with E-state index < -0.39 is 0 Å². The summed E-state index contributed by atoms with van der Waals surface area (Å²) in [7, 11) is 0. The second-order valence-electron chi connectivity index (χ2n) is 11.0. The quantitative estimate of drug-likeness (QED) is 0.0983. The first-order valence-corrected chi connectivity index (χ1v) is 15.8. The molecular formula is C33H62N+. The fourth-order valence-electron chi connectivity index (χ4n) is 5.20. The third-order valence-corrected chi connectivity index (χ3v) is 7.57. The Labute approximate surface area is 215 Å². The van der Waals surface area contributed by atoms with E-state index in [4.69, 9.17) is 0 Å². The summed E-state index contributed by atoms with van der Waals surface area (Å²) in [6, 6.07) is 2.47. The number of pyridine rings is 1. The van der Waals surface area contributed by atoms with Crippen molar-refractivity contribution in [3.05, 3.63) is 29.6 Å². The molecule has 0 saturated heterocycles. The Kier molecular flexibility index (Phi) is 21.9. The summed E-state index contributed by atoms with van der Waals surface area (Å²) in [6.45, 7) is 8.12. The van der Waals surface area contributed by atoms with Gasteiger partial charge in [0.15, 0.2) is 12.4 Å². The van der Waals surface area contributed by atoms with Crippen molar-refractivity contribution in [1.29, 1.82) is 0 Å². The highest BCUT2D eigenvalue weighted by Gasteiger charge is 2.10. The van der Waals surface area contributed by atoms with Gasteiger partial charge < -0.3 is 0 Å². The monoisotopic (exact) mass is 472 g/mol. The zero-order valence-corrected chi connectivity index (χ0v) is 23.9. The molecule has 1 aromatic heterocycles. The zero-order chi connectivity index (χ0) is 24.5. The Hall–Kier alpha value is -0.850. The topological polar surface area (TPSA) is 3.88 Å². The van der Waals surface area contributed by atoms with Crippen LogP contribution in [0.1, 0.15) is 173 Å². The average molecular weight is 473 g/mol. The van der Waals surface area contributed by atoms with Gasteiger partial charge in [-0.3, -0.25) is 0 Å². The molecular weight excluding hydrogens is 410 g/mol. The van der Waals surface area contributed by atoms with E-state index in [0.29, 0.717) is 0 Å². The number of aryl methyl sites for hydroxylation is 3. The molecule has 0 fully saturated rings. The molecule has 0 aliphatic carbocycles. The van der Waals surface area contributed by atoms with Gasteiger partial charge in [0.25, 0.3) is 0 Å². The molecule has 0 N–H and O–H groups in total. The smallest absolute Gasteiger partial charge is 0.172 e. The summed E-state index contributed by atoms with van der Waals surface area (Å²) in [5.41, 5.74) is 3.30. The van der Waals surface area contributed by atoms with Gasteiger partial charge >= 0.3 is 0 Å². The first-order valence-electron chi connectivity index (χ1n) is 15.8. The van der Waals surface area contributed by atoms with E-state index in [1.807, 2.05) is 0 Å². The molecule has 0 unspecified atom stereocenters. The van der Waals surface area contributed by atoms with Crippen molar-refractivity contribution in [2.24, 2.45) is 0 Å². The molecule has 1 rings (SSSR count). The van der Waals surface area contributed by atoms with Crippen molar-refractivity contribution in [2.75, 3.05) is 0 Å². The van der Waals surface area contributed by atoms with Crippen molar-refractivity contribution >= 4 is 0 Å². The van der Waals surface area contributed by atoms with Crippen LogP contribution < -0.4 is 4.57 Å². The lowest BCUT2D eigenvalue weighted by Crippen LogP contribution is -2.34. The van der Waals surface area contributed by atoms with Gasteiger partial charge in [0.05, 0.1) is 0 Å². The summed E-state index contributed by atoms with van der Waals surface area (Å²) < 4.78 is 2.50. The van der Waals surface area contributed by atoms with Crippen LogP contribution >= 0.6 is 0 Å². The number of rotatable bonds is 25. The Bertz CT molecular complexity index is 549. The van der Waals surface area contributed by atoms with Gasteiger partial charge in [0.1, 0.15) is 6.54 Å². The number of unbranched alkanes of at least 4 members (excludes halogenated alkanes) is 19. The van der Waals surface area contributed by atoms with Crippen LogP contribution in [0.2, 0.25) is 0 Å². The Morgan fingerprint density at radius 1 is 0.441 bits per heavy atom. The highest BCUT2D eigenvalue weighted by molar-refractivity contribution is 5.21. The lowest BCUT2D eigenvalue weighted by Gasteiger charge is -2.10. The molecule has 1 heterocycles. The average Bonchev–Trinajstić information content (AvgIpc) is 2.85. The number of nitrogens with zero attached hydrogens (tertiary/aromatic N) is 1. The van der Waals surface area contributed by atoms with Crippen LogP contribution in [0.25, 0.3) is 0 Å². The van der Waals surface area contributed by atoms with Gasteiger partial charge in [-0.1, -0.05) is 136 Å². The second-order valence-corrected chi connectivity index (χ2v) is 11.0. The lowest BCUT2D eigenvalue weighted by molar-refractivity contribution is -0.697. The Balaban J connectivity index is 2.42. The standard InChI is InChI=1S/C33H62N/c1-4-7-10-13-16-18-20-23-26-32-28-30-34(29-25-22-15-12-9-6-3)31-33(32)27-24-21-19-17-14-11-8-5-2/h28,30-31H,4-27,29H2,1-3H3/q+1. The first-order chi connectivity index (χ1) is 16.8. The van der Waals surface area contributed by atoms with Crippen molar-refractivity contribution in [3.63, 3.8) is 0 Å².